The summed E-state index contributed by atoms with van der Waals surface area (Å²) in [6.07, 6.45) is 0.782. The smallest absolute Gasteiger partial charge is 0.462 e. The van der Waals surface area contributed by atoms with Gasteiger partial charge in [0.25, 0.3) is 0 Å². The van der Waals surface area contributed by atoms with E-state index in [1.54, 1.807) is 0 Å². The van der Waals surface area contributed by atoms with Crippen molar-refractivity contribution in [1.29, 1.82) is 0 Å². The van der Waals surface area contributed by atoms with Gasteiger partial charge in [0.1, 0.15) is 0 Å². The molecule has 15 heavy (non-hydrogen) atoms. The Labute approximate surface area is 87.2 Å². The molecule has 0 aromatic rings. The summed E-state index contributed by atoms with van der Waals surface area (Å²) < 4.78 is 13.5. The zero-order valence-electron chi connectivity index (χ0n) is 8.29. The predicted octanol–water partition coefficient (Wildman–Crippen LogP) is -0.441. The van der Waals surface area contributed by atoms with Crippen molar-refractivity contribution in [2.24, 2.45) is 0 Å². The van der Waals surface area contributed by atoms with Gasteiger partial charge in [0, 0.05) is 0 Å². The average Bonchev–Trinajstić information content (AvgIpc) is 2.10. The van der Waals surface area contributed by atoms with Gasteiger partial charge in [-0.25, -0.2) is 9.36 Å². The SMILES string of the molecule is C=C(CO)C(=O)OCCC.O=P(O)(O)O. The van der Waals surface area contributed by atoms with Crippen molar-refractivity contribution in [2.75, 3.05) is 13.2 Å². The minimum atomic E-state index is -4.64. The second kappa shape index (κ2) is 8.58. The van der Waals surface area contributed by atoms with Crippen LogP contribution in [0.1, 0.15) is 13.3 Å². The summed E-state index contributed by atoms with van der Waals surface area (Å²) in [6.45, 7) is 5.26. The van der Waals surface area contributed by atoms with Crippen LogP contribution >= 0.6 is 7.82 Å². The number of phosphoric acid groups is 1. The number of aliphatic hydroxyl groups excluding tert-OH is 1. The molecule has 0 bridgehead atoms. The van der Waals surface area contributed by atoms with E-state index in [-0.39, 0.29) is 12.2 Å². The van der Waals surface area contributed by atoms with E-state index in [1.165, 1.54) is 0 Å². The van der Waals surface area contributed by atoms with Crippen molar-refractivity contribution in [3.8, 4) is 0 Å². The van der Waals surface area contributed by atoms with Crippen molar-refractivity contribution in [3.05, 3.63) is 12.2 Å². The van der Waals surface area contributed by atoms with Crippen molar-refractivity contribution in [1.82, 2.24) is 0 Å². The molecule has 0 unspecified atom stereocenters. The highest BCUT2D eigenvalue weighted by Gasteiger charge is 2.04. The molecule has 0 atom stereocenters. The Morgan fingerprint density at radius 1 is 1.40 bits per heavy atom. The highest BCUT2D eigenvalue weighted by atomic mass is 31.2. The lowest BCUT2D eigenvalue weighted by Gasteiger charge is -2.01. The Morgan fingerprint density at radius 2 is 1.80 bits per heavy atom. The van der Waals surface area contributed by atoms with Gasteiger partial charge in [0.15, 0.2) is 0 Å². The van der Waals surface area contributed by atoms with Gasteiger partial charge in [-0.05, 0) is 6.42 Å². The summed E-state index contributed by atoms with van der Waals surface area (Å²) >= 11 is 0. The van der Waals surface area contributed by atoms with Gasteiger partial charge < -0.3 is 24.5 Å². The first-order valence-corrected chi connectivity index (χ1v) is 5.53. The minimum absolute atomic E-state index is 0.105. The first-order chi connectivity index (χ1) is 6.72. The van der Waals surface area contributed by atoms with E-state index < -0.39 is 13.8 Å². The lowest BCUT2D eigenvalue weighted by molar-refractivity contribution is -0.139. The highest BCUT2D eigenvalue weighted by molar-refractivity contribution is 7.45. The second-order valence-corrected chi connectivity index (χ2v) is 3.44. The molecule has 0 aliphatic carbocycles. The zero-order valence-corrected chi connectivity index (χ0v) is 9.18. The van der Waals surface area contributed by atoms with Crippen molar-refractivity contribution in [2.45, 2.75) is 13.3 Å². The van der Waals surface area contributed by atoms with Crippen LogP contribution in [0, 0.1) is 0 Å². The number of aliphatic hydroxyl groups is 1. The maximum absolute atomic E-state index is 10.7. The maximum Gasteiger partial charge on any atom is 0.466 e. The number of rotatable bonds is 4. The van der Waals surface area contributed by atoms with Gasteiger partial charge in [-0.3, -0.25) is 0 Å². The summed E-state index contributed by atoms with van der Waals surface area (Å²) in [5.74, 6) is -0.510. The number of hydrogen-bond donors (Lipinski definition) is 4. The van der Waals surface area contributed by atoms with Crippen LogP contribution in [0.25, 0.3) is 0 Å². The van der Waals surface area contributed by atoms with Crippen LogP contribution in [-0.2, 0) is 14.1 Å². The first-order valence-electron chi connectivity index (χ1n) is 3.96. The normalized spacial score (nSPS) is 9.93. The van der Waals surface area contributed by atoms with Gasteiger partial charge in [-0.15, -0.1) is 0 Å². The van der Waals surface area contributed by atoms with Crippen LogP contribution in [-0.4, -0.2) is 39.0 Å². The van der Waals surface area contributed by atoms with E-state index in [2.05, 4.69) is 11.3 Å². The first kappa shape index (κ1) is 16.7. The van der Waals surface area contributed by atoms with E-state index in [0.717, 1.165) is 6.42 Å². The standard InChI is InChI=1S/C7H12O3.H3O4P/c1-3-4-10-7(9)6(2)5-8;1-5(2,3)4/h8H,2-5H2,1H3;(H3,1,2,3,4). The van der Waals surface area contributed by atoms with Gasteiger partial charge in [0.05, 0.1) is 18.8 Å². The van der Waals surface area contributed by atoms with Gasteiger partial charge in [0.2, 0.25) is 0 Å². The third-order valence-corrected chi connectivity index (χ3v) is 0.917. The average molecular weight is 242 g/mol. The molecule has 0 spiro atoms. The topological polar surface area (TPSA) is 124 Å². The van der Waals surface area contributed by atoms with Crippen molar-refractivity contribution >= 4 is 13.8 Å². The number of hydrogen-bond acceptors (Lipinski definition) is 4. The molecule has 90 valence electrons. The van der Waals surface area contributed by atoms with E-state index in [4.69, 9.17) is 24.4 Å². The molecule has 0 aromatic carbocycles. The molecule has 8 heteroatoms. The Balaban J connectivity index is 0. The highest BCUT2D eigenvalue weighted by Crippen LogP contribution is 2.25. The molecule has 0 aliphatic heterocycles. The molecular formula is C7H15O7P. The van der Waals surface area contributed by atoms with Crippen LogP contribution in [0.15, 0.2) is 12.2 Å². The van der Waals surface area contributed by atoms with E-state index in [0.29, 0.717) is 6.61 Å². The Kier molecular flexibility index (Phi) is 9.55. The predicted molar refractivity (Wildman–Crippen MR) is 51.7 cm³/mol. The Morgan fingerprint density at radius 3 is 2.07 bits per heavy atom. The quantitative estimate of drug-likeness (QED) is 0.299. The van der Waals surface area contributed by atoms with Gasteiger partial charge >= 0.3 is 13.8 Å². The van der Waals surface area contributed by atoms with E-state index in [1.807, 2.05) is 6.92 Å². The van der Waals surface area contributed by atoms with Gasteiger partial charge in [-0.1, -0.05) is 13.5 Å². The largest absolute Gasteiger partial charge is 0.466 e. The summed E-state index contributed by atoms with van der Waals surface area (Å²) in [5.41, 5.74) is 0.105. The molecule has 7 nitrogen and oxygen atoms in total. The van der Waals surface area contributed by atoms with Crippen LogP contribution in [0.5, 0.6) is 0 Å². The Hall–Kier alpha value is -0.720. The van der Waals surface area contributed by atoms with Crippen LogP contribution in [0.4, 0.5) is 0 Å². The summed E-state index contributed by atoms with van der Waals surface area (Å²) in [5, 5.41) is 8.40. The van der Waals surface area contributed by atoms with Gasteiger partial charge in [-0.2, -0.15) is 0 Å². The van der Waals surface area contributed by atoms with E-state index >= 15 is 0 Å². The molecule has 0 radical (unpaired) electrons. The minimum Gasteiger partial charge on any atom is -0.462 e. The van der Waals surface area contributed by atoms with Crippen LogP contribution < -0.4 is 0 Å². The molecule has 0 aliphatic rings. The zero-order chi connectivity index (χ0) is 12.5. The second-order valence-electron chi connectivity index (χ2n) is 2.41. The maximum atomic E-state index is 10.7. The lowest BCUT2D eigenvalue weighted by atomic mass is 10.3. The summed E-state index contributed by atoms with van der Waals surface area (Å²) in [4.78, 5) is 32.2. The molecule has 4 N–H and O–H groups in total. The molecule has 0 saturated carbocycles. The molecule has 0 fully saturated rings. The fourth-order valence-electron chi connectivity index (χ4n) is 0.361. The van der Waals surface area contributed by atoms with Crippen molar-refractivity contribution in [3.63, 3.8) is 0 Å². The monoisotopic (exact) mass is 242 g/mol. The van der Waals surface area contributed by atoms with Crippen molar-refractivity contribution < 1.29 is 33.9 Å². The molecule has 0 saturated heterocycles. The molecule has 0 heterocycles. The molecular weight excluding hydrogens is 227 g/mol. The Bertz CT molecular complexity index is 235. The molecule has 0 amide bonds. The summed E-state index contributed by atoms with van der Waals surface area (Å²) in [6, 6.07) is 0. The number of carbonyl (C=O) groups excluding carboxylic acids is 1. The lowest BCUT2D eigenvalue weighted by Crippen LogP contribution is -2.10. The third kappa shape index (κ3) is 19.6. The molecule has 0 aromatic heterocycles. The fraction of sp³-hybridized carbons (Fsp3) is 0.571. The van der Waals surface area contributed by atoms with Crippen LogP contribution in [0.3, 0.4) is 0 Å². The number of esters is 1. The number of carbonyl (C=O) groups is 1. The number of ether oxygens (including phenoxy) is 1. The third-order valence-electron chi connectivity index (χ3n) is 0.917. The van der Waals surface area contributed by atoms with E-state index in [9.17, 15) is 4.79 Å². The van der Waals surface area contributed by atoms with Crippen LogP contribution in [0.2, 0.25) is 0 Å². The molecule has 0 rings (SSSR count). The fourth-order valence-corrected chi connectivity index (χ4v) is 0.361. The summed E-state index contributed by atoms with van der Waals surface area (Å²) in [7, 11) is -4.64.